The van der Waals surface area contributed by atoms with Gasteiger partial charge in [-0.2, -0.15) is 0 Å². The molecule has 1 amide bonds. The molecule has 2 aromatic rings. The maximum absolute atomic E-state index is 12.2. The molecule has 1 heterocycles. The van der Waals surface area contributed by atoms with E-state index in [2.05, 4.69) is 10.3 Å². The minimum atomic E-state index is -0.693. The Kier molecular flexibility index (Phi) is 6.38. The first-order valence-electron chi connectivity index (χ1n) is 8.45. The SMILES string of the molecule is COc1cc(C)ccc1OC(C)C(=O)NCCn1cnc(C)c(C)c1=O. The minimum Gasteiger partial charge on any atom is -0.493 e. The Morgan fingerprint density at radius 2 is 2.00 bits per heavy atom. The highest BCUT2D eigenvalue weighted by molar-refractivity contribution is 5.80. The van der Waals surface area contributed by atoms with E-state index in [0.717, 1.165) is 5.56 Å². The maximum atomic E-state index is 12.2. The van der Waals surface area contributed by atoms with Crippen LogP contribution >= 0.6 is 0 Å². The Morgan fingerprint density at radius 3 is 2.69 bits per heavy atom. The summed E-state index contributed by atoms with van der Waals surface area (Å²) in [7, 11) is 1.56. The molecule has 0 aliphatic heterocycles. The van der Waals surface area contributed by atoms with Crippen LogP contribution in [0.3, 0.4) is 0 Å². The fraction of sp³-hybridized carbons (Fsp3) is 0.421. The van der Waals surface area contributed by atoms with Gasteiger partial charge in [-0.25, -0.2) is 4.98 Å². The molecule has 7 nitrogen and oxygen atoms in total. The van der Waals surface area contributed by atoms with Crippen LogP contribution < -0.4 is 20.3 Å². The van der Waals surface area contributed by atoms with Gasteiger partial charge in [-0.05, 0) is 45.4 Å². The lowest BCUT2D eigenvalue weighted by molar-refractivity contribution is -0.127. The Hall–Kier alpha value is -2.83. The molecule has 1 N–H and O–H groups in total. The van der Waals surface area contributed by atoms with Crippen LogP contribution in [0.4, 0.5) is 0 Å². The molecule has 140 valence electrons. The number of ether oxygens (including phenoxy) is 2. The van der Waals surface area contributed by atoms with Crippen LogP contribution in [0.25, 0.3) is 0 Å². The van der Waals surface area contributed by atoms with Gasteiger partial charge in [-0.15, -0.1) is 0 Å². The summed E-state index contributed by atoms with van der Waals surface area (Å²) in [6.45, 7) is 7.80. The predicted octanol–water partition coefficient (Wildman–Crippen LogP) is 1.76. The number of methoxy groups -OCH3 is 1. The van der Waals surface area contributed by atoms with Gasteiger partial charge < -0.3 is 14.8 Å². The number of rotatable bonds is 7. The molecule has 0 spiro atoms. The van der Waals surface area contributed by atoms with E-state index in [1.54, 1.807) is 33.9 Å². The predicted molar refractivity (Wildman–Crippen MR) is 98.8 cm³/mol. The second-order valence-electron chi connectivity index (χ2n) is 6.16. The van der Waals surface area contributed by atoms with Crippen LogP contribution in [0.2, 0.25) is 0 Å². The zero-order valence-corrected chi connectivity index (χ0v) is 15.8. The van der Waals surface area contributed by atoms with Gasteiger partial charge in [0.2, 0.25) is 0 Å². The number of hydrogen-bond donors (Lipinski definition) is 1. The number of hydrogen-bond acceptors (Lipinski definition) is 5. The van der Waals surface area contributed by atoms with Crippen molar-refractivity contribution in [2.75, 3.05) is 13.7 Å². The average Bonchev–Trinajstić information content (AvgIpc) is 2.62. The standard InChI is InChI=1S/C19H25N3O4/c1-12-6-7-16(17(10-12)25-5)26-15(4)18(23)20-8-9-22-11-21-14(3)13(2)19(22)24/h6-7,10-11,15H,8-9H2,1-5H3,(H,20,23). The fourth-order valence-electron chi connectivity index (χ4n) is 2.39. The molecule has 1 aromatic heterocycles. The van der Waals surface area contributed by atoms with Crippen molar-refractivity contribution in [1.29, 1.82) is 0 Å². The molecular formula is C19H25N3O4. The van der Waals surface area contributed by atoms with E-state index in [1.807, 2.05) is 19.1 Å². The molecule has 0 saturated heterocycles. The lowest BCUT2D eigenvalue weighted by Crippen LogP contribution is -2.39. The van der Waals surface area contributed by atoms with Crippen molar-refractivity contribution < 1.29 is 14.3 Å². The molecule has 1 unspecified atom stereocenters. The molecule has 0 fully saturated rings. The molecule has 1 aromatic carbocycles. The molecule has 0 radical (unpaired) electrons. The molecule has 2 rings (SSSR count). The highest BCUT2D eigenvalue weighted by Gasteiger charge is 2.16. The summed E-state index contributed by atoms with van der Waals surface area (Å²) < 4.78 is 12.5. The smallest absolute Gasteiger partial charge is 0.260 e. The average molecular weight is 359 g/mol. The van der Waals surface area contributed by atoms with E-state index >= 15 is 0 Å². The van der Waals surface area contributed by atoms with Gasteiger partial charge in [0.25, 0.3) is 11.5 Å². The van der Waals surface area contributed by atoms with Crippen LogP contribution in [0, 0.1) is 20.8 Å². The van der Waals surface area contributed by atoms with Crippen LogP contribution in [0.5, 0.6) is 11.5 Å². The van der Waals surface area contributed by atoms with Gasteiger partial charge >= 0.3 is 0 Å². The van der Waals surface area contributed by atoms with Gasteiger partial charge in [0, 0.05) is 24.3 Å². The van der Waals surface area contributed by atoms with Gasteiger partial charge in [-0.3, -0.25) is 14.2 Å². The van der Waals surface area contributed by atoms with E-state index in [-0.39, 0.29) is 11.5 Å². The number of carbonyl (C=O) groups excluding carboxylic acids is 1. The monoisotopic (exact) mass is 359 g/mol. The topological polar surface area (TPSA) is 82.4 Å². The van der Waals surface area contributed by atoms with Crippen molar-refractivity contribution in [2.45, 2.75) is 40.3 Å². The van der Waals surface area contributed by atoms with Gasteiger partial charge in [-0.1, -0.05) is 6.07 Å². The third kappa shape index (κ3) is 4.62. The molecule has 0 saturated carbocycles. The van der Waals surface area contributed by atoms with Crippen molar-refractivity contribution in [3.8, 4) is 11.5 Å². The van der Waals surface area contributed by atoms with Crippen molar-refractivity contribution in [3.05, 3.63) is 51.7 Å². The number of aromatic nitrogens is 2. The first kappa shape index (κ1) is 19.5. The summed E-state index contributed by atoms with van der Waals surface area (Å²) in [6.07, 6.45) is 0.801. The van der Waals surface area contributed by atoms with Gasteiger partial charge in [0.15, 0.2) is 17.6 Å². The summed E-state index contributed by atoms with van der Waals surface area (Å²) in [4.78, 5) is 28.5. The first-order chi connectivity index (χ1) is 12.3. The third-order valence-corrected chi connectivity index (χ3v) is 4.16. The molecule has 0 aliphatic rings. The van der Waals surface area contributed by atoms with E-state index < -0.39 is 6.10 Å². The third-order valence-electron chi connectivity index (χ3n) is 4.16. The van der Waals surface area contributed by atoms with E-state index in [4.69, 9.17) is 9.47 Å². The molecule has 7 heteroatoms. The quantitative estimate of drug-likeness (QED) is 0.815. The largest absolute Gasteiger partial charge is 0.493 e. The summed E-state index contributed by atoms with van der Waals surface area (Å²) >= 11 is 0. The number of carbonyl (C=O) groups is 1. The van der Waals surface area contributed by atoms with Crippen LogP contribution in [-0.4, -0.2) is 35.2 Å². The summed E-state index contributed by atoms with van der Waals surface area (Å²) in [5.74, 6) is 0.824. The summed E-state index contributed by atoms with van der Waals surface area (Å²) in [5, 5.41) is 2.77. The molecule has 1 atom stereocenters. The zero-order valence-electron chi connectivity index (χ0n) is 15.8. The number of amides is 1. The van der Waals surface area contributed by atoms with Gasteiger partial charge in [0.1, 0.15) is 0 Å². The van der Waals surface area contributed by atoms with Crippen molar-refractivity contribution in [3.63, 3.8) is 0 Å². The molecule has 0 aliphatic carbocycles. The minimum absolute atomic E-state index is 0.0968. The first-order valence-corrected chi connectivity index (χ1v) is 8.45. The molecular weight excluding hydrogens is 334 g/mol. The van der Waals surface area contributed by atoms with Crippen LogP contribution in [-0.2, 0) is 11.3 Å². The number of aryl methyl sites for hydroxylation is 2. The number of nitrogens with zero attached hydrogens (tertiary/aromatic N) is 2. The Labute approximate surface area is 153 Å². The number of benzene rings is 1. The molecule has 0 bridgehead atoms. The Morgan fingerprint density at radius 1 is 1.27 bits per heavy atom. The lowest BCUT2D eigenvalue weighted by Gasteiger charge is -2.17. The van der Waals surface area contributed by atoms with Gasteiger partial charge in [0.05, 0.1) is 13.4 Å². The Balaban J connectivity index is 1.92. The highest BCUT2D eigenvalue weighted by atomic mass is 16.5. The summed E-state index contributed by atoms with van der Waals surface area (Å²) in [5.41, 5.74) is 2.27. The second-order valence-corrected chi connectivity index (χ2v) is 6.16. The Bertz CT molecular complexity index is 845. The van der Waals surface area contributed by atoms with E-state index in [1.165, 1.54) is 10.9 Å². The van der Waals surface area contributed by atoms with Crippen molar-refractivity contribution in [1.82, 2.24) is 14.9 Å². The van der Waals surface area contributed by atoms with Crippen molar-refractivity contribution in [2.24, 2.45) is 0 Å². The lowest BCUT2D eigenvalue weighted by atomic mass is 10.2. The normalized spacial score (nSPS) is 11.7. The van der Waals surface area contributed by atoms with E-state index in [0.29, 0.717) is 35.8 Å². The van der Waals surface area contributed by atoms with E-state index in [9.17, 15) is 9.59 Å². The van der Waals surface area contributed by atoms with Crippen molar-refractivity contribution >= 4 is 5.91 Å². The fourth-order valence-corrected chi connectivity index (χ4v) is 2.39. The van der Waals surface area contributed by atoms with Crippen LogP contribution in [0.1, 0.15) is 23.7 Å². The summed E-state index contributed by atoms with van der Waals surface area (Å²) in [6, 6.07) is 5.51. The maximum Gasteiger partial charge on any atom is 0.260 e. The highest BCUT2D eigenvalue weighted by Crippen LogP contribution is 2.28. The second kappa shape index (κ2) is 8.51. The van der Waals surface area contributed by atoms with Crippen LogP contribution in [0.15, 0.2) is 29.3 Å². The molecule has 26 heavy (non-hydrogen) atoms. The number of nitrogens with one attached hydrogen (secondary N) is 1. The zero-order chi connectivity index (χ0) is 19.3.